The number of halogens is 3. The number of fused-ring (bicyclic) bond motifs is 2. The second-order valence-corrected chi connectivity index (χ2v) is 6.70. The molecule has 0 spiro atoms. The highest BCUT2D eigenvalue weighted by molar-refractivity contribution is 5.99. The number of nitrogens with zero attached hydrogens (tertiary/aromatic N) is 1. The highest BCUT2D eigenvalue weighted by Gasteiger charge is 2.38. The van der Waals surface area contributed by atoms with E-state index in [2.05, 4.69) is 0 Å². The number of alkyl halides is 3. The number of hydrogen-bond donors (Lipinski definition) is 1. The molecule has 4 nitrogen and oxygen atoms in total. The van der Waals surface area contributed by atoms with Gasteiger partial charge in [-0.25, -0.2) is 0 Å². The molecule has 0 aliphatic carbocycles. The predicted octanol–water partition coefficient (Wildman–Crippen LogP) is 3.31. The Bertz CT molecular complexity index is 849. The van der Waals surface area contributed by atoms with Gasteiger partial charge in [-0.2, -0.15) is 13.2 Å². The van der Waals surface area contributed by atoms with Crippen LogP contribution in [0, 0.1) is 0 Å². The molecule has 0 aromatic heterocycles. The van der Waals surface area contributed by atoms with Crippen LogP contribution in [0.2, 0.25) is 0 Å². The molecule has 1 saturated heterocycles. The molecule has 1 unspecified atom stereocenters. The van der Waals surface area contributed by atoms with Crippen LogP contribution in [-0.4, -0.2) is 36.0 Å². The van der Waals surface area contributed by atoms with Crippen LogP contribution >= 0.6 is 0 Å². The molecule has 26 heavy (non-hydrogen) atoms. The Labute approximate surface area is 148 Å². The third-order valence-corrected chi connectivity index (χ3v) is 4.89. The first-order valence-corrected chi connectivity index (χ1v) is 8.34. The van der Waals surface area contributed by atoms with Crippen LogP contribution in [0.1, 0.15) is 22.3 Å². The molecular formula is C19H17F3N2O2. The summed E-state index contributed by atoms with van der Waals surface area (Å²) in [6.07, 6.45) is -3.68. The molecule has 136 valence electrons. The second-order valence-electron chi connectivity index (χ2n) is 6.70. The summed E-state index contributed by atoms with van der Waals surface area (Å²) in [7, 11) is 0. The number of hydrogen-bond acceptors (Lipinski definition) is 3. The summed E-state index contributed by atoms with van der Waals surface area (Å²) in [5.74, 6) is 0.345. The van der Waals surface area contributed by atoms with E-state index in [1.807, 2.05) is 0 Å². The smallest absolute Gasteiger partial charge is 0.416 e. The summed E-state index contributed by atoms with van der Waals surface area (Å²) in [6, 6.07) is 9.89. The van der Waals surface area contributed by atoms with E-state index >= 15 is 0 Å². The number of rotatable bonds is 1. The molecule has 0 bridgehead atoms. The van der Waals surface area contributed by atoms with Crippen molar-refractivity contribution in [1.82, 2.24) is 4.90 Å². The van der Waals surface area contributed by atoms with Crippen molar-refractivity contribution in [3.8, 4) is 16.9 Å². The second kappa shape index (κ2) is 6.02. The van der Waals surface area contributed by atoms with Crippen LogP contribution in [0.25, 0.3) is 11.1 Å². The van der Waals surface area contributed by atoms with Gasteiger partial charge < -0.3 is 15.4 Å². The van der Waals surface area contributed by atoms with Gasteiger partial charge in [0.05, 0.1) is 17.2 Å². The van der Waals surface area contributed by atoms with E-state index in [0.29, 0.717) is 42.0 Å². The van der Waals surface area contributed by atoms with Crippen LogP contribution in [0.3, 0.4) is 0 Å². The van der Waals surface area contributed by atoms with Crippen molar-refractivity contribution in [1.29, 1.82) is 0 Å². The summed E-state index contributed by atoms with van der Waals surface area (Å²) < 4.78 is 43.9. The summed E-state index contributed by atoms with van der Waals surface area (Å²) in [6.45, 7) is 0.878. The zero-order chi connectivity index (χ0) is 18.5. The minimum absolute atomic E-state index is 0.0422. The number of benzene rings is 2. The standard InChI is InChI=1S/C19H17F3N2O2/c20-19(21,22)13-4-1-11(2-5-13)12-3-6-17-16(7-12)18(25)24-9-14(23)8-15(24)10-26-17/h1-7,14-15H,8-10,23H2/t14-,15?/m0/s1. The maximum absolute atomic E-state index is 12.9. The first kappa shape index (κ1) is 16.9. The average molecular weight is 362 g/mol. The van der Waals surface area contributed by atoms with Crippen LogP contribution < -0.4 is 10.5 Å². The first-order valence-electron chi connectivity index (χ1n) is 8.34. The largest absolute Gasteiger partial charge is 0.491 e. The molecule has 2 heterocycles. The normalized spacial score (nSPS) is 22.5. The van der Waals surface area contributed by atoms with Crippen LogP contribution in [0.15, 0.2) is 42.5 Å². The number of ether oxygens (including phenoxy) is 1. The maximum Gasteiger partial charge on any atom is 0.416 e. The lowest BCUT2D eigenvalue weighted by Crippen LogP contribution is -2.37. The van der Waals surface area contributed by atoms with Gasteiger partial charge in [0.15, 0.2) is 0 Å². The highest BCUT2D eigenvalue weighted by atomic mass is 19.4. The van der Waals surface area contributed by atoms with Gasteiger partial charge in [-0.05, 0) is 41.8 Å². The molecule has 0 saturated carbocycles. The summed E-state index contributed by atoms with van der Waals surface area (Å²) in [4.78, 5) is 14.6. The van der Waals surface area contributed by atoms with E-state index in [1.54, 1.807) is 23.1 Å². The molecule has 2 N–H and O–H groups in total. The van der Waals surface area contributed by atoms with Gasteiger partial charge in [0.2, 0.25) is 0 Å². The zero-order valence-electron chi connectivity index (χ0n) is 13.8. The molecule has 4 rings (SSSR count). The Kier molecular flexibility index (Phi) is 3.91. The van der Waals surface area contributed by atoms with Crippen molar-refractivity contribution < 1.29 is 22.7 Å². The Morgan fingerprint density at radius 2 is 1.77 bits per heavy atom. The van der Waals surface area contributed by atoms with Crippen molar-refractivity contribution in [2.45, 2.75) is 24.7 Å². The van der Waals surface area contributed by atoms with Gasteiger partial charge in [0.1, 0.15) is 12.4 Å². The third-order valence-electron chi connectivity index (χ3n) is 4.89. The monoisotopic (exact) mass is 362 g/mol. The minimum Gasteiger partial charge on any atom is -0.491 e. The molecule has 2 atom stereocenters. The number of carbonyl (C=O) groups is 1. The quantitative estimate of drug-likeness (QED) is 0.847. The van der Waals surface area contributed by atoms with Gasteiger partial charge in [0.25, 0.3) is 5.91 Å². The molecule has 2 aliphatic heterocycles. The van der Waals surface area contributed by atoms with Gasteiger partial charge >= 0.3 is 6.18 Å². The molecule has 0 radical (unpaired) electrons. The number of amides is 1. The third kappa shape index (κ3) is 2.92. The Balaban J connectivity index is 1.68. The minimum atomic E-state index is -4.38. The molecule has 2 aliphatic rings. The van der Waals surface area contributed by atoms with Crippen LogP contribution in [0.4, 0.5) is 13.2 Å². The lowest BCUT2D eigenvalue weighted by Gasteiger charge is -2.20. The van der Waals surface area contributed by atoms with Crippen LogP contribution in [0.5, 0.6) is 5.75 Å². The van der Waals surface area contributed by atoms with E-state index in [-0.39, 0.29) is 18.0 Å². The van der Waals surface area contributed by atoms with Crippen LogP contribution in [-0.2, 0) is 6.18 Å². The van der Waals surface area contributed by atoms with Crippen molar-refractivity contribution in [2.24, 2.45) is 5.73 Å². The molecule has 2 aromatic rings. The first-order chi connectivity index (χ1) is 12.3. The topological polar surface area (TPSA) is 55.6 Å². The lowest BCUT2D eigenvalue weighted by molar-refractivity contribution is -0.137. The average Bonchev–Trinajstić information content (AvgIpc) is 2.94. The number of carbonyl (C=O) groups excluding carboxylic acids is 1. The fraction of sp³-hybridized carbons (Fsp3) is 0.316. The van der Waals surface area contributed by atoms with Gasteiger partial charge in [0, 0.05) is 12.6 Å². The van der Waals surface area contributed by atoms with E-state index in [9.17, 15) is 18.0 Å². The molecule has 7 heteroatoms. The fourth-order valence-corrected chi connectivity index (χ4v) is 3.55. The summed E-state index contributed by atoms with van der Waals surface area (Å²) in [5.41, 5.74) is 6.94. The Morgan fingerprint density at radius 1 is 1.08 bits per heavy atom. The van der Waals surface area contributed by atoms with Crippen molar-refractivity contribution >= 4 is 5.91 Å². The SMILES string of the molecule is N[C@H]1CC2COc3ccc(-c4ccc(C(F)(F)F)cc4)cc3C(=O)N2C1. The Morgan fingerprint density at radius 3 is 2.46 bits per heavy atom. The molecule has 1 amide bonds. The maximum atomic E-state index is 12.9. The summed E-state index contributed by atoms with van der Waals surface area (Å²) >= 11 is 0. The van der Waals surface area contributed by atoms with E-state index < -0.39 is 11.7 Å². The van der Waals surface area contributed by atoms with Gasteiger partial charge in [-0.3, -0.25) is 4.79 Å². The van der Waals surface area contributed by atoms with E-state index in [1.165, 1.54) is 12.1 Å². The van der Waals surface area contributed by atoms with Crippen molar-refractivity contribution in [3.05, 3.63) is 53.6 Å². The number of nitrogens with two attached hydrogens (primary N) is 1. The van der Waals surface area contributed by atoms with Crippen molar-refractivity contribution in [2.75, 3.05) is 13.2 Å². The predicted molar refractivity (Wildman–Crippen MR) is 89.8 cm³/mol. The zero-order valence-corrected chi connectivity index (χ0v) is 13.8. The molecule has 1 fully saturated rings. The van der Waals surface area contributed by atoms with Crippen molar-refractivity contribution in [3.63, 3.8) is 0 Å². The lowest BCUT2D eigenvalue weighted by atomic mass is 10.0. The van der Waals surface area contributed by atoms with Gasteiger partial charge in [-0.1, -0.05) is 18.2 Å². The van der Waals surface area contributed by atoms with E-state index in [0.717, 1.165) is 12.1 Å². The van der Waals surface area contributed by atoms with E-state index in [4.69, 9.17) is 10.5 Å². The Hall–Kier alpha value is -2.54. The fourth-order valence-electron chi connectivity index (χ4n) is 3.55. The molecule has 2 aromatic carbocycles. The molecular weight excluding hydrogens is 345 g/mol. The highest BCUT2D eigenvalue weighted by Crippen LogP contribution is 2.34. The summed E-state index contributed by atoms with van der Waals surface area (Å²) in [5, 5.41) is 0. The van der Waals surface area contributed by atoms with Gasteiger partial charge in [-0.15, -0.1) is 0 Å².